The fourth-order valence-corrected chi connectivity index (χ4v) is 2.96. The maximum atomic E-state index is 9.76. The third-order valence-electron chi connectivity index (χ3n) is 4.01. The molecule has 0 saturated heterocycles. The fourth-order valence-electron chi connectivity index (χ4n) is 2.96. The third kappa shape index (κ3) is 1.92. The minimum absolute atomic E-state index is 0.0339. The number of aliphatic hydroxyl groups excluding tert-OH is 1. The lowest BCUT2D eigenvalue weighted by atomic mass is 10.0. The van der Waals surface area contributed by atoms with Crippen LogP contribution in [0.5, 0.6) is 0 Å². The van der Waals surface area contributed by atoms with E-state index in [9.17, 15) is 5.11 Å². The largest absolute Gasteiger partial charge is 0.392 e. The number of aromatic nitrogens is 1. The van der Waals surface area contributed by atoms with Crippen molar-refractivity contribution in [2.75, 3.05) is 0 Å². The molecule has 2 nitrogen and oxygen atoms in total. The fraction of sp³-hybridized carbons (Fsp3) is 0.0526. The van der Waals surface area contributed by atoms with E-state index in [1.807, 2.05) is 36.4 Å². The van der Waals surface area contributed by atoms with Gasteiger partial charge in [0.2, 0.25) is 0 Å². The Hall–Kier alpha value is -2.58. The summed E-state index contributed by atoms with van der Waals surface area (Å²) in [4.78, 5) is 3.44. The average Bonchev–Trinajstić information content (AvgIpc) is 2.93. The molecule has 0 amide bonds. The molecule has 0 bridgehead atoms. The summed E-state index contributed by atoms with van der Waals surface area (Å²) >= 11 is 0. The Morgan fingerprint density at radius 1 is 0.810 bits per heavy atom. The van der Waals surface area contributed by atoms with Gasteiger partial charge in [-0.2, -0.15) is 0 Å². The SMILES string of the molecule is OCc1c(-c2ccc3ccccc3c2)[nH]c2ccccc12. The molecule has 0 unspecified atom stereocenters. The van der Waals surface area contributed by atoms with Gasteiger partial charge in [-0.1, -0.05) is 54.6 Å². The van der Waals surface area contributed by atoms with Crippen molar-refractivity contribution in [3.8, 4) is 11.3 Å². The molecule has 3 aromatic carbocycles. The summed E-state index contributed by atoms with van der Waals surface area (Å²) in [5.41, 5.74) is 4.13. The number of rotatable bonds is 2. The summed E-state index contributed by atoms with van der Waals surface area (Å²) in [7, 11) is 0. The molecular weight excluding hydrogens is 258 g/mol. The molecule has 0 radical (unpaired) electrons. The van der Waals surface area contributed by atoms with Crippen LogP contribution in [-0.4, -0.2) is 10.1 Å². The number of aromatic amines is 1. The van der Waals surface area contributed by atoms with Gasteiger partial charge < -0.3 is 10.1 Å². The van der Waals surface area contributed by atoms with E-state index in [4.69, 9.17) is 0 Å². The zero-order valence-corrected chi connectivity index (χ0v) is 11.5. The van der Waals surface area contributed by atoms with Gasteiger partial charge in [0.15, 0.2) is 0 Å². The maximum absolute atomic E-state index is 9.76. The van der Waals surface area contributed by atoms with E-state index < -0.39 is 0 Å². The van der Waals surface area contributed by atoms with Crippen LogP contribution < -0.4 is 0 Å². The minimum Gasteiger partial charge on any atom is -0.392 e. The smallest absolute Gasteiger partial charge is 0.0709 e. The van der Waals surface area contributed by atoms with Gasteiger partial charge in [-0.3, -0.25) is 0 Å². The summed E-state index contributed by atoms with van der Waals surface area (Å²) in [6, 6.07) is 22.8. The highest BCUT2D eigenvalue weighted by molar-refractivity contribution is 5.93. The highest BCUT2D eigenvalue weighted by atomic mass is 16.3. The molecule has 4 rings (SSSR count). The zero-order valence-electron chi connectivity index (χ0n) is 11.5. The molecule has 0 spiro atoms. The van der Waals surface area contributed by atoms with E-state index in [0.717, 1.165) is 27.7 Å². The molecule has 0 atom stereocenters. The van der Waals surface area contributed by atoms with Crippen molar-refractivity contribution < 1.29 is 5.11 Å². The summed E-state index contributed by atoms with van der Waals surface area (Å²) in [5.74, 6) is 0. The van der Waals surface area contributed by atoms with E-state index in [-0.39, 0.29) is 6.61 Å². The minimum atomic E-state index is 0.0339. The Morgan fingerprint density at radius 3 is 2.43 bits per heavy atom. The standard InChI is InChI=1S/C19H15NO/c21-12-17-16-7-3-4-8-18(16)20-19(17)15-10-9-13-5-1-2-6-14(13)11-15/h1-11,20-21H,12H2. The third-order valence-corrected chi connectivity index (χ3v) is 4.01. The van der Waals surface area contributed by atoms with Crippen LogP contribution >= 0.6 is 0 Å². The van der Waals surface area contributed by atoms with Crippen molar-refractivity contribution in [3.63, 3.8) is 0 Å². The van der Waals surface area contributed by atoms with Gasteiger partial charge >= 0.3 is 0 Å². The molecule has 1 heterocycles. The molecule has 0 fully saturated rings. The van der Waals surface area contributed by atoms with Crippen molar-refractivity contribution in [2.45, 2.75) is 6.61 Å². The lowest BCUT2D eigenvalue weighted by Gasteiger charge is -2.04. The first-order valence-corrected chi connectivity index (χ1v) is 7.06. The molecule has 0 aliphatic rings. The van der Waals surface area contributed by atoms with E-state index in [1.165, 1.54) is 10.8 Å². The van der Waals surface area contributed by atoms with Crippen LogP contribution in [0.4, 0.5) is 0 Å². The van der Waals surface area contributed by atoms with E-state index in [1.54, 1.807) is 0 Å². The molecule has 0 saturated carbocycles. The molecule has 4 aromatic rings. The zero-order chi connectivity index (χ0) is 14.2. The number of para-hydroxylation sites is 1. The first kappa shape index (κ1) is 12.2. The molecule has 102 valence electrons. The van der Waals surface area contributed by atoms with E-state index in [0.29, 0.717) is 0 Å². The number of hydrogen-bond donors (Lipinski definition) is 2. The molecule has 0 aliphatic carbocycles. The van der Waals surface area contributed by atoms with Crippen molar-refractivity contribution in [3.05, 3.63) is 72.3 Å². The molecule has 1 aromatic heterocycles. The van der Waals surface area contributed by atoms with Gasteiger partial charge in [0, 0.05) is 16.5 Å². The van der Waals surface area contributed by atoms with E-state index >= 15 is 0 Å². The molecule has 2 N–H and O–H groups in total. The second-order valence-electron chi connectivity index (χ2n) is 5.24. The molecule has 0 aliphatic heterocycles. The quantitative estimate of drug-likeness (QED) is 0.555. The summed E-state index contributed by atoms with van der Waals surface area (Å²) in [6.45, 7) is 0.0339. The molecular formula is C19H15NO. The Labute approximate surface area is 122 Å². The number of benzene rings is 3. The predicted molar refractivity (Wildman–Crippen MR) is 87.2 cm³/mol. The van der Waals surface area contributed by atoms with Crippen LogP contribution in [0, 0.1) is 0 Å². The maximum Gasteiger partial charge on any atom is 0.0709 e. The van der Waals surface area contributed by atoms with Gasteiger partial charge in [-0.15, -0.1) is 0 Å². The van der Waals surface area contributed by atoms with Crippen molar-refractivity contribution in [1.82, 2.24) is 4.98 Å². The number of hydrogen-bond acceptors (Lipinski definition) is 1. The second kappa shape index (κ2) is 4.76. The van der Waals surface area contributed by atoms with Gasteiger partial charge in [0.25, 0.3) is 0 Å². The highest BCUT2D eigenvalue weighted by Crippen LogP contribution is 2.31. The number of aliphatic hydroxyl groups is 1. The van der Waals surface area contributed by atoms with Crippen LogP contribution in [0.25, 0.3) is 32.9 Å². The Bertz CT molecular complexity index is 937. The van der Waals surface area contributed by atoms with Crippen molar-refractivity contribution in [2.24, 2.45) is 0 Å². The van der Waals surface area contributed by atoms with Crippen LogP contribution in [0.15, 0.2) is 66.7 Å². The number of nitrogens with one attached hydrogen (secondary N) is 1. The Morgan fingerprint density at radius 2 is 1.57 bits per heavy atom. The van der Waals surface area contributed by atoms with E-state index in [2.05, 4.69) is 35.3 Å². The van der Waals surface area contributed by atoms with Crippen molar-refractivity contribution in [1.29, 1.82) is 0 Å². The topological polar surface area (TPSA) is 36.0 Å². The van der Waals surface area contributed by atoms with Crippen molar-refractivity contribution >= 4 is 21.7 Å². The van der Waals surface area contributed by atoms with Gasteiger partial charge in [0.05, 0.1) is 12.3 Å². The van der Waals surface area contributed by atoms with Gasteiger partial charge in [0.1, 0.15) is 0 Å². The van der Waals surface area contributed by atoms with Crippen LogP contribution in [0.1, 0.15) is 5.56 Å². The van der Waals surface area contributed by atoms with Crippen LogP contribution in [-0.2, 0) is 6.61 Å². The predicted octanol–water partition coefficient (Wildman–Crippen LogP) is 4.48. The lowest BCUT2D eigenvalue weighted by molar-refractivity contribution is 0.284. The Balaban J connectivity index is 1.99. The summed E-state index contributed by atoms with van der Waals surface area (Å²) in [6.07, 6.45) is 0. The monoisotopic (exact) mass is 273 g/mol. The summed E-state index contributed by atoms with van der Waals surface area (Å²) in [5, 5.41) is 13.3. The first-order valence-electron chi connectivity index (χ1n) is 7.06. The summed E-state index contributed by atoms with van der Waals surface area (Å²) < 4.78 is 0. The second-order valence-corrected chi connectivity index (χ2v) is 5.24. The van der Waals surface area contributed by atoms with Gasteiger partial charge in [-0.05, 0) is 28.5 Å². The lowest BCUT2D eigenvalue weighted by Crippen LogP contribution is -1.86. The Kier molecular flexibility index (Phi) is 2.76. The average molecular weight is 273 g/mol. The van der Waals surface area contributed by atoms with Gasteiger partial charge in [-0.25, -0.2) is 0 Å². The molecule has 21 heavy (non-hydrogen) atoms. The molecule has 2 heteroatoms. The first-order chi connectivity index (χ1) is 10.4. The normalized spacial score (nSPS) is 11.3. The van der Waals surface area contributed by atoms with Crippen LogP contribution in [0.2, 0.25) is 0 Å². The number of fused-ring (bicyclic) bond motifs is 2. The number of H-pyrrole nitrogens is 1. The highest BCUT2D eigenvalue weighted by Gasteiger charge is 2.12. The van der Waals surface area contributed by atoms with Crippen LogP contribution in [0.3, 0.4) is 0 Å².